The van der Waals surface area contributed by atoms with Gasteiger partial charge in [-0.1, -0.05) is 6.07 Å². The third kappa shape index (κ3) is 4.07. The zero-order chi connectivity index (χ0) is 22.1. The molecule has 4 N–H and O–H groups in total. The maximum Gasteiger partial charge on any atom is 0.274 e. The van der Waals surface area contributed by atoms with Gasteiger partial charge in [-0.15, -0.1) is 11.3 Å². The number of aromatic hydroxyl groups is 1. The van der Waals surface area contributed by atoms with Crippen molar-refractivity contribution in [2.75, 3.05) is 11.9 Å². The van der Waals surface area contributed by atoms with Crippen LogP contribution in [-0.4, -0.2) is 33.7 Å². The van der Waals surface area contributed by atoms with Crippen LogP contribution in [0.15, 0.2) is 18.2 Å². The highest BCUT2D eigenvalue weighted by Gasteiger charge is 2.26. The van der Waals surface area contributed by atoms with Crippen LogP contribution in [0.4, 0.5) is 5.00 Å². The number of anilines is 1. The number of aryl methyl sites for hydroxylation is 3. The van der Waals surface area contributed by atoms with Gasteiger partial charge in [0.2, 0.25) is 0 Å². The number of amides is 2. The van der Waals surface area contributed by atoms with Crippen LogP contribution in [0, 0.1) is 13.8 Å². The van der Waals surface area contributed by atoms with Crippen molar-refractivity contribution in [3.63, 3.8) is 0 Å². The third-order valence-corrected chi connectivity index (χ3v) is 6.71. The van der Waals surface area contributed by atoms with Gasteiger partial charge >= 0.3 is 0 Å². The highest BCUT2D eigenvalue weighted by molar-refractivity contribution is 7.17. The SMILES string of the molecule is CCNC(=O)c1c(NC(=O)c2cc(-c3cc(C)cc(C)c3O)n[nH]2)sc2c1CCCC2. The molecule has 2 aromatic heterocycles. The number of phenols is 1. The number of benzene rings is 1. The van der Waals surface area contributed by atoms with Crippen molar-refractivity contribution in [3.8, 4) is 17.0 Å². The number of hydrogen-bond acceptors (Lipinski definition) is 5. The van der Waals surface area contributed by atoms with Crippen LogP contribution in [0.3, 0.4) is 0 Å². The highest BCUT2D eigenvalue weighted by Crippen LogP contribution is 2.38. The standard InChI is InChI=1S/C23H26N4O3S/c1-4-24-22(30)19-14-7-5-6-8-18(14)31-23(19)25-21(29)17-11-16(26-27-17)15-10-12(2)9-13(3)20(15)28/h9-11,28H,4-8H2,1-3H3,(H,24,30)(H,25,29)(H,26,27). The average molecular weight is 439 g/mol. The number of aromatic nitrogens is 2. The molecular weight excluding hydrogens is 412 g/mol. The molecule has 0 bridgehead atoms. The molecule has 0 fully saturated rings. The van der Waals surface area contributed by atoms with Gasteiger partial charge in [-0.05, 0) is 75.3 Å². The van der Waals surface area contributed by atoms with Gasteiger partial charge in [0.25, 0.3) is 11.8 Å². The topological polar surface area (TPSA) is 107 Å². The van der Waals surface area contributed by atoms with Crippen LogP contribution in [0.2, 0.25) is 0 Å². The van der Waals surface area contributed by atoms with Crippen LogP contribution in [0.1, 0.15) is 62.2 Å². The molecule has 3 aromatic rings. The summed E-state index contributed by atoms with van der Waals surface area (Å²) in [6, 6.07) is 5.34. The Morgan fingerprint density at radius 3 is 2.71 bits per heavy atom. The molecule has 0 saturated heterocycles. The number of nitrogens with zero attached hydrogens (tertiary/aromatic N) is 1. The summed E-state index contributed by atoms with van der Waals surface area (Å²) >= 11 is 1.48. The molecule has 2 heterocycles. The van der Waals surface area contributed by atoms with E-state index in [9.17, 15) is 14.7 Å². The molecule has 1 aliphatic rings. The summed E-state index contributed by atoms with van der Waals surface area (Å²) in [6.07, 6.45) is 3.93. The van der Waals surface area contributed by atoms with Crippen LogP contribution in [0.25, 0.3) is 11.3 Å². The lowest BCUT2D eigenvalue weighted by Crippen LogP contribution is -2.25. The number of nitrogens with one attached hydrogen (secondary N) is 3. The second-order valence-corrected chi connectivity index (χ2v) is 8.98. The fraction of sp³-hybridized carbons (Fsp3) is 0.348. The van der Waals surface area contributed by atoms with Crippen molar-refractivity contribution in [1.82, 2.24) is 15.5 Å². The summed E-state index contributed by atoms with van der Waals surface area (Å²) in [4.78, 5) is 26.8. The first-order chi connectivity index (χ1) is 14.9. The van der Waals surface area contributed by atoms with Gasteiger partial charge in [0.15, 0.2) is 0 Å². The number of rotatable bonds is 5. The molecule has 2 amide bonds. The lowest BCUT2D eigenvalue weighted by atomic mass is 9.95. The number of H-pyrrole nitrogens is 1. The molecular formula is C23H26N4O3S. The van der Waals surface area contributed by atoms with E-state index in [1.54, 1.807) is 6.07 Å². The van der Waals surface area contributed by atoms with Gasteiger partial charge in [-0.2, -0.15) is 5.10 Å². The van der Waals surface area contributed by atoms with Crippen molar-refractivity contribution in [1.29, 1.82) is 0 Å². The molecule has 31 heavy (non-hydrogen) atoms. The molecule has 162 valence electrons. The predicted molar refractivity (Wildman–Crippen MR) is 122 cm³/mol. The first-order valence-corrected chi connectivity index (χ1v) is 11.3. The summed E-state index contributed by atoms with van der Waals surface area (Å²) in [7, 11) is 0. The summed E-state index contributed by atoms with van der Waals surface area (Å²) in [5.74, 6) is -0.372. The third-order valence-electron chi connectivity index (χ3n) is 5.51. The zero-order valence-corrected chi connectivity index (χ0v) is 18.7. The minimum absolute atomic E-state index is 0.147. The van der Waals surface area contributed by atoms with Crippen LogP contribution >= 0.6 is 11.3 Å². The molecule has 8 heteroatoms. The largest absolute Gasteiger partial charge is 0.507 e. The quantitative estimate of drug-likeness (QED) is 0.475. The Morgan fingerprint density at radius 2 is 1.94 bits per heavy atom. The van der Waals surface area contributed by atoms with Crippen molar-refractivity contribution >= 4 is 28.2 Å². The zero-order valence-electron chi connectivity index (χ0n) is 17.9. The summed E-state index contributed by atoms with van der Waals surface area (Å²) in [6.45, 7) is 6.18. The normalized spacial score (nSPS) is 13.0. The Labute approximate surface area is 184 Å². The number of thiophene rings is 1. The van der Waals surface area contributed by atoms with Gasteiger partial charge in [0, 0.05) is 17.0 Å². The summed E-state index contributed by atoms with van der Waals surface area (Å²) in [5, 5.41) is 23.7. The molecule has 0 aliphatic heterocycles. The fourth-order valence-electron chi connectivity index (χ4n) is 4.04. The maximum atomic E-state index is 13.0. The van der Waals surface area contributed by atoms with E-state index in [0.29, 0.717) is 28.4 Å². The number of aromatic amines is 1. The van der Waals surface area contributed by atoms with E-state index in [1.165, 1.54) is 16.2 Å². The van der Waals surface area contributed by atoms with E-state index < -0.39 is 0 Å². The van der Waals surface area contributed by atoms with Gasteiger partial charge in [0.05, 0.1) is 11.3 Å². The number of phenolic OH excluding ortho intramolecular Hbond substituents is 1. The van der Waals surface area contributed by atoms with E-state index in [-0.39, 0.29) is 23.3 Å². The lowest BCUT2D eigenvalue weighted by molar-refractivity contribution is 0.0956. The number of carbonyl (C=O) groups is 2. The summed E-state index contributed by atoms with van der Waals surface area (Å²) in [5.41, 5.74) is 4.72. The second kappa shape index (κ2) is 8.55. The van der Waals surface area contributed by atoms with Gasteiger partial charge in [-0.25, -0.2) is 0 Å². The second-order valence-electron chi connectivity index (χ2n) is 7.87. The van der Waals surface area contributed by atoms with Crippen molar-refractivity contribution < 1.29 is 14.7 Å². The smallest absolute Gasteiger partial charge is 0.274 e. The Morgan fingerprint density at radius 1 is 1.16 bits per heavy atom. The maximum absolute atomic E-state index is 13.0. The molecule has 4 rings (SSSR count). The molecule has 0 atom stereocenters. The Kier molecular flexibility index (Phi) is 5.82. The van der Waals surface area contributed by atoms with Crippen LogP contribution in [0.5, 0.6) is 5.75 Å². The first kappa shape index (κ1) is 21.1. The van der Waals surface area contributed by atoms with Crippen LogP contribution in [-0.2, 0) is 12.8 Å². The van der Waals surface area contributed by atoms with E-state index >= 15 is 0 Å². The number of fused-ring (bicyclic) bond motifs is 1. The number of carbonyl (C=O) groups excluding carboxylic acids is 2. The Bertz CT molecular complexity index is 1160. The monoisotopic (exact) mass is 438 g/mol. The van der Waals surface area contributed by atoms with E-state index in [0.717, 1.165) is 42.4 Å². The lowest BCUT2D eigenvalue weighted by Gasteiger charge is -2.12. The predicted octanol–water partition coefficient (Wildman–Crippen LogP) is 4.34. The van der Waals surface area contributed by atoms with Gasteiger partial charge < -0.3 is 15.7 Å². The van der Waals surface area contributed by atoms with Crippen molar-refractivity contribution in [2.45, 2.75) is 46.5 Å². The van der Waals surface area contributed by atoms with Gasteiger partial charge in [0.1, 0.15) is 16.4 Å². The van der Waals surface area contributed by atoms with E-state index in [1.807, 2.05) is 32.9 Å². The van der Waals surface area contributed by atoms with E-state index in [2.05, 4.69) is 20.8 Å². The molecule has 0 saturated carbocycles. The Balaban J connectivity index is 1.63. The van der Waals surface area contributed by atoms with Crippen molar-refractivity contribution in [3.05, 3.63) is 51.0 Å². The van der Waals surface area contributed by atoms with Crippen molar-refractivity contribution in [2.24, 2.45) is 0 Å². The fourth-order valence-corrected chi connectivity index (χ4v) is 5.33. The molecule has 7 nitrogen and oxygen atoms in total. The molecule has 0 radical (unpaired) electrons. The molecule has 1 aliphatic carbocycles. The summed E-state index contributed by atoms with van der Waals surface area (Å²) < 4.78 is 0. The van der Waals surface area contributed by atoms with Gasteiger partial charge in [-0.3, -0.25) is 14.7 Å². The molecule has 0 unspecified atom stereocenters. The Hall–Kier alpha value is -3.13. The molecule has 0 spiro atoms. The molecule has 1 aromatic carbocycles. The van der Waals surface area contributed by atoms with E-state index in [4.69, 9.17) is 0 Å². The number of hydrogen-bond donors (Lipinski definition) is 4. The van der Waals surface area contributed by atoms with Crippen LogP contribution < -0.4 is 10.6 Å². The first-order valence-electron chi connectivity index (χ1n) is 10.5. The minimum Gasteiger partial charge on any atom is -0.507 e. The minimum atomic E-state index is -0.369. The average Bonchev–Trinajstić information content (AvgIpc) is 3.35. The highest BCUT2D eigenvalue weighted by atomic mass is 32.1.